The van der Waals surface area contributed by atoms with E-state index in [4.69, 9.17) is 14.2 Å². The Hall–Kier alpha value is -1.78. The number of ether oxygens (including phenoxy) is 3. The predicted molar refractivity (Wildman–Crippen MR) is 121 cm³/mol. The van der Waals surface area contributed by atoms with Crippen LogP contribution in [0.2, 0.25) is 0 Å². The molecule has 1 saturated heterocycles. The summed E-state index contributed by atoms with van der Waals surface area (Å²) in [5.74, 6) is -0.0549. The first kappa shape index (κ1) is 25.5. The first-order valence-electron chi connectivity index (χ1n) is 10.1. The van der Waals surface area contributed by atoms with E-state index in [0.717, 1.165) is 0 Å². The Bertz CT molecular complexity index is 805. The minimum atomic E-state index is -1.38. The zero-order chi connectivity index (χ0) is 23.2. The summed E-state index contributed by atoms with van der Waals surface area (Å²) in [7, 11) is -0.0676. The number of carbonyl (C=O) groups excluding carboxylic acids is 2. The van der Waals surface area contributed by atoms with Gasteiger partial charge < -0.3 is 19.5 Å². The lowest BCUT2D eigenvalue weighted by molar-refractivity contribution is -0.150. The molecule has 0 spiro atoms. The number of hydrogen-bond donors (Lipinski definition) is 1. The van der Waals surface area contributed by atoms with Crippen LogP contribution in [0.25, 0.3) is 0 Å². The van der Waals surface area contributed by atoms with Crippen molar-refractivity contribution < 1.29 is 28.0 Å². The average Bonchev–Trinajstić information content (AvgIpc) is 2.71. The van der Waals surface area contributed by atoms with E-state index >= 15 is 0 Å². The molecule has 1 N–H and O–H groups in total. The summed E-state index contributed by atoms with van der Waals surface area (Å²) < 4.78 is 30.9. The van der Waals surface area contributed by atoms with Crippen LogP contribution in [0.5, 0.6) is 5.75 Å². The van der Waals surface area contributed by atoms with Crippen molar-refractivity contribution >= 4 is 34.8 Å². The molecule has 0 radical (unpaired) electrons. The van der Waals surface area contributed by atoms with Crippen LogP contribution < -0.4 is 10.1 Å². The number of carbonyl (C=O) groups is 2. The number of piperidine rings is 1. The van der Waals surface area contributed by atoms with Crippen LogP contribution in [0, 0.1) is 0 Å². The summed E-state index contributed by atoms with van der Waals surface area (Å²) in [6.45, 7) is 8.25. The molecule has 1 amide bonds. The third-order valence-corrected chi connectivity index (χ3v) is 7.20. The van der Waals surface area contributed by atoms with Gasteiger partial charge in [-0.05, 0) is 65.0 Å². The fourth-order valence-corrected chi connectivity index (χ4v) is 4.69. The van der Waals surface area contributed by atoms with Crippen LogP contribution in [0.4, 0.5) is 4.79 Å². The summed E-state index contributed by atoms with van der Waals surface area (Å²) >= 11 is 1.22. The van der Waals surface area contributed by atoms with Crippen molar-refractivity contribution in [3.8, 4) is 5.75 Å². The van der Waals surface area contributed by atoms with E-state index in [2.05, 4.69) is 5.32 Å². The monoisotopic (exact) mass is 472 g/mol. The molecule has 0 aliphatic carbocycles. The fraction of sp³-hybridized carbons (Fsp3) is 0.619. The Morgan fingerprint density at radius 3 is 2.39 bits per heavy atom. The molecule has 1 heterocycles. The zero-order valence-electron chi connectivity index (χ0n) is 18.9. The van der Waals surface area contributed by atoms with Crippen molar-refractivity contribution in [1.29, 1.82) is 0 Å². The van der Waals surface area contributed by atoms with Crippen molar-refractivity contribution in [3.63, 3.8) is 0 Å². The number of thioether (sulfide) groups is 1. The predicted octanol–water partition coefficient (Wildman–Crippen LogP) is 3.33. The summed E-state index contributed by atoms with van der Waals surface area (Å²) in [5, 5.41) is 2.88. The van der Waals surface area contributed by atoms with E-state index in [1.165, 1.54) is 18.9 Å². The molecule has 1 fully saturated rings. The number of rotatable bonds is 7. The molecule has 0 aromatic heterocycles. The highest BCUT2D eigenvalue weighted by molar-refractivity contribution is 8.00. The van der Waals surface area contributed by atoms with Crippen molar-refractivity contribution in [2.24, 2.45) is 0 Å². The number of hydrogen-bond acceptors (Lipinski definition) is 7. The van der Waals surface area contributed by atoms with Gasteiger partial charge in [-0.1, -0.05) is 6.07 Å². The van der Waals surface area contributed by atoms with Gasteiger partial charge in [0.25, 0.3) is 0 Å². The SMILES string of the molecule is COC(=O)C(C)(Oc1cccc(S(=O)N2CCC(NC(=O)OC(C)(C)C)CC2)c1)SC. The third-order valence-electron chi connectivity index (χ3n) is 4.67. The first-order chi connectivity index (χ1) is 14.5. The minimum Gasteiger partial charge on any atom is -0.465 e. The molecular formula is C21H32N2O6S2. The topological polar surface area (TPSA) is 94.2 Å². The van der Waals surface area contributed by atoms with Gasteiger partial charge in [0.05, 0.1) is 12.0 Å². The van der Waals surface area contributed by atoms with Crippen molar-refractivity contribution in [2.45, 2.75) is 62.0 Å². The van der Waals surface area contributed by atoms with E-state index in [0.29, 0.717) is 36.6 Å². The highest BCUT2D eigenvalue weighted by atomic mass is 32.2. The number of alkyl carbamates (subject to hydrolysis) is 1. The molecule has 1 aliphatic heterocycles. The van der Waals surface area contributed by atoms with Gasteiger partial charge in [-0.2, -0.15) is 0 Å². The van der Waals surface area contributed by atoms with Gasteiger partial charge in [-0.3, -0.25) is 0 Å². The summed E-state index contributed by atoms with van der Waals surface area (Å²) in [4.78, 5) is 23.4. The second-order valence-electron chi connectivity index (χ2n) is 8.32. The van der Waals surface area contributed by atoms with Gasteiger partial charge >= 0.3 is 12.1 Å². The van der Waals surface area contributed by atoms with Crippen LogP contribution in [0.1, 0.15) is 40.5 Å². The number of nitrogens with one attached hydrogen (secondary N) is 1. The Labute approximate surface area is 191 Å². The maximum absolute atomic E-state index is 13.1. The Balaban J connectivity index is 1.97. The molecule has 0 bridgehead atoms. The molecular weight excluding hydrogens is 440 g/mol. The van der Waals surface area contributed by atoms with Crippen LogP contribution >= 0.6 is 11.8 Å². The van der Waals surface area contributed by atoms with Gasteiger partial charge in [0, 0.05) is 19.1 Å². The second kappa shape index (κ2) is 10.7. The minimum absolute atomic E-state index is 0.0138. The molecule has 1 aliphatic rings. The van der Waals surface area contributed by atoms with E-state index in [9.17, 15) is 13.8 Å². The van der Waals surface area contributed by atoms with Crippen LogP contribution in [0.15, 0.2) is 29.2 Å². The van der Waals surface area contributed by atoms with Crippen LogP contribution in [-0.2, 0) is 25.3 Å². The number of nitrogens with zero attached hydrogens (tertiary/aromatic N) is 1. The highest BCUT2D eigenvalue weighted by Gasteiger charge is 2.36. The first-order valence-corrected chi connectivity index (χ1v) is 12.4. The van der Waals surface area contributed by atoms with Crippen molar-refractivity contribution in [3.05, 3.63) is 24.3 Å². The molecule has 8 nitrogen and oxygen atoms in total. The maximum atomic E-state index is 13.1. The second-order valence-corrected chi connectivity index (χ2v) is 11.0. The third kappa shape index (κ3) is 7.40. The molecule has 2 atom stereocenters. The molecule has 1 aromatic rings. The molecule has 0 saturated carbocycles. The summed E-state index contributed by atoms with van der Waals surface area (Å²) in [6, 6.07) is 6.90. The van der Waals surface area contributed by atoms with Gasteiger partial charge in [0.15, 0.2) is 0 Å². The molecule has 2 rings (SSSR count). The van der Waals surface area contributed by atoms with Gasteiger partial charge in [-0.25, -0.2) is 18.1 Å². The largest absolute Gasteiger partial charge is 0.465 e. The number of benzene rings is 1. The molecule has 1 aromatic carbocycles. The van der Waals surface area contributed by atoms with Crippen LogP contribution in [0.3, 0.4) is 0 Å². The summed E-state index contributed by atoms with van der Waals surface area (Å²) in [6.07, 6.45) is 2.68. The lowest BCUT2D eigenvalue weighted by Crippen LogP contribution is -2.46. The Kier molecular flexibility index (Phi) is 8.79. The molecule has 31 heavy (non-hydrogen) atoms. The lowest BCUT2D eigenvalue weighted by Gasteiger charge is -2.32. The lowest BCUT2D eigenvalue weighted by atomic mass is 10.1. The van der Waals surface area contributed by atoms with Crippen molar-refractivity contribution in [1.82, 2.24) is 9.62 Å². The number of methoxy groups -OCH3 is 1. The normalized spacial score (nSPS) is 18.5. The number of amides is 1. The molecule has 2 unspecified atom stereocenters. The van der Waals surface area contributed by atoms with Gasteiger partial charge in [-0.15, -0.1) is 11.8 Å². The average molecular weight is 473 g/mol. The van der Waals surface area contributed by atoms with E-state index < -0.39 is 33.6 Å². The quantitative estimate of drug-likeness (QED) is 0.480. The Morgan fingerprint density at radius 2 is 1.84 bits per heavy atom. The number of esters is 1. The van der Waals surface area contributed by atoms with Crippen molar-refractivity contribution in [2.75, 3.05) is 26.5 Å². The van der Waals surface area contributed by atoms with Crippen LogP contribution in [-0.4, -0.2) is 63.6 Å². The molecule has 10 heteroatoms. The van der Waals surface area contributed by atoms with E-state index in [1.807, 2.05) is 25.1 Å². The summed E-state index contributed by atoms with van der Waals surface area (Å²) in [5.41, 5.74) is -0.542. The molecule has 174 valence electrons. The standard InChI is InChI=1S/C21H32N2O6S2/c1-20(2,3)29-19(25)22-15-10-12-23(13-11-15)31(26)17-9-7-8-16(14-17)28-21(4,30-6)18(24)27-5/h7-9,14-15H,10-13H2,1-6H3,(H,22,25). The fourth-order valence-electron chi connectivity index (χ4n) is 3.01. The van der Waals surface area contributed by atoms with E-state index in [1.54, 1.807) is 37.4 Å². The smallest absolute Gasteiger partial charge is 0.407 e. The Morgan fingerprint density at radius 1 is 1.19 bits per heavy atom. The maximum Gasteiger partial charge on any atom is 0.407 e. The van der Waals surface area contributed by atoms with E-state index in [-0.39, 0.29) is 6.04 Å². The highest BCUT2D eigenvalue weighted by Crippen LogP contribution is 2.30. The zero-order valence-corrected chi connectivity index (χ0v) is 20.6. The van der Waals surface area contributed by atoms with Gasteiger partial charge in [0.1, 0.15) is 22.3 Å². The van der Waals surface area contributed by atoms with Gasteiger partial charge in [0.2, 0.25) is 4.93 Å².